The fraction of sp³-hybridized carbons (Fsp3) is 0.294. The molecule has 1 aromatic heterocycles. The molecular weight excluding hydrogens is 469 g/mol. The molecule has 26 heavy (non-hydrogen) atoms. The average molecular weight is 489 g/mol. The summed E-state index contributed by atoms with van der Waals surface area (Å²) in [6, 6.07) is 9.63. The Bertz CT molecular complexity index is 935. The van der Waals surface area contributed by atoms with E-state index in [1.54, 1.807) is 26.0 Å². The van der Waals surface area contributed by atoms with Crippen LogP contribution in [0, 0.1) is 3.57 Å². The molecule has 1 heterocycles. The van der Waals surface area contributed by atoms with Gasteiger partial charge in [0.15, 0.2) is 0 Å². The molecule has 0 unspecified atom stereocenters. The van der Waals surface area contributed by atoms with E-state index in [1.165, 1.54) is 16.6 Å². The molecular formula is C17H20IN3O4S. The third kappa shape index (κ3) is 4.92. The zero-order valence-corrected chi connectivity index (χ0v) is 17.5. The van der Waals surface area contributed by atoms with Crippen LogP contribution in [0.1, 0.15) is 13.8 Å². The Morgan fingerprint density at radius 1 is 1.12 bits per heavy atom. The van der Waals surface area contributed by atoms with E-state index < -0.39 is 21.5 Å². The van der Waals surface area contributed by atoms with Crippen LogP contribution in [0.2, 0.25) is 0 Å². The molecule has 0 spiro atoms. The predicted octanol–water partition coefficient (Wildman–Crippen LogP) is 2.12. The van der Waals surface area contributed by atoms with Crippen molar-refractivity contribution in [3.63, 3.8) is 0 Å². The standard InChI is InChI=1S/C17H20IN3O4S/c1-3-21(4-2)26(24,25)15-9-10-17(23)20(11-15)12-16(22)19-14-7-5-13(18)6-8-14/h5-11H,3-4,12H2,1-2H3,(H,19,22). The Kier molecular flexibility index (Phi) is 6.95. The molecule has 2 rings (SSSR count). The van der Waals surface area contributed by atoms with Crippen molar-refractivity contribution in [2.45, 2.75) is 25.3 Å². The van der Waals surface area contributed by atoms with E-state index in [2.05, 4.69) is 27.9 Å². The van der Waals surface area contributed by atoms with Gasteiger partial charge in [0.05, 0.1) is 4.90 Å². The van der Waals surface area contributed by atoms with Crippen LogP contribution < -0.4 is 10.9 Å². The van der Waals surface area contributed by atoms with Gasteiger partial charge in [0.2, 0.25) is 15.9 Å². The van der Waals surface area contributed by atoms with Crippen LogP contribution in [0.25, 0.3) is 0 Å². The largest absolute Gasteiger partial charge is 0.325 e. The van der Waals surface area contributed by atoms with E-state index in [0.29, 0.717) is 18.8 Å². The average Bonchev–Trinajstić information content (AvgIpc) is 2.59. The van der Waals surface area contributed by atoms with Gasteiger partial charge in [0.25, 0.3) is 5.56 Å². The van der Waals surface area contributed by atoms with Gasteiger partial charge in [-0.05, 0) is 52.9 Å². The number of halogens is 1. The number of carbonyl (C=O) groups excluding carboxylic acids is 1. The lowest BCUT2D eigenvalue weighted by Gasteiger charge is -2.19. The summed E-state index contributed by atoms with van der Waals surface area (Å²) >= 11 is 2.16. The number of aromatic nitrogens is 1. The number of amides is 1. The minimum Gasteiger partial charge on any atom is -0.325 e. The number of sulfonamides is 1. The van der Waals surface area contributed by atoms with Crippen LogP contribution in [0.3, 0.4) is 0 Å². The van der Waals surface area contributed by atoms with Crippen molar-refractivity contribution in [3.05, 3.63) is 56.5 Å². The van der Waals surface area contributed by atoms with Crippen molar-refractivity contribution in [2.75, 3.05) is 18.4 Å². The third-order valence-electron chi connectivity index (χ3n) is 3.74. The maximum absolute atomic E-state index is 12.6. The van der Waals surface area contributed by atoms with Crippen molar-refractivity contribution in [1.82, 2.24) is 8.87 Å². The molecule has 0 saturated carbocycles. The molecule has 0 radical (unpaired) electrons. The Balaban J connectivity index is 2.23. The molecule has 140 valence electrons. The fourth-order valence-corrected chi connectivity index (χ4v) is 4.22. The number of hydrogen-bond acceptors (Lipinski definition) is 4. The summed E-state index contributed by atoms with van der Waals surface area (Å²) in [6.45, 7) is 3.86. The number of carbonyl (C=O) groups is 1. The fourth-order valence-electron chi connectivity index (χ4n) is 2.39. The van der Waals surface area contributed by atoms with Crippen molar-refractivity contribution >= 4 is 44.2 Å². The molecule has 1 amide bonds. The molecule has 0 bridgehead atoms. The quantitative estimate of drug-likeness (QED) is 0.604. The summed E-state index contributed by atoms with van der Waals surface area (Å²) in [6.07, 6.45) is 1.21. The smallest absolute Gasteiger partial charge is 0.251 e. The second-order valence-corrected chi connectivity index (χ2v) is 8.66. The summed E-state index contributed by atoms with van der Waals surface area (Å²) < 4.78 is 28.6. The van der Waals surface area contributed by atoms with E-state index in [1.807, 2.05) is 12.1 Å². The number of pyridine rings is 1. The van der Waals surface area contributed by atoms with Gasteiger partial charge >= 0.3 is 0 Å². The first-order valence-corrected chi connectivity index (χ1v) is 10.6. The van der Waals surface area contributed by atoms with Gasteiger partial charge in [0.1, 0.15) is 6.54 Å². The number of nitrogens with one attached hydrogen (secondary N) is 1. The van der Waals surface area contributed by atoms with Gasteiger partial charge in [-0.2, -0.15) is 4.31 Å². The highest BCUT2D eigenvalue weighted by atomic mass is 127. The zero-order chi connectivity index (χ0) is 19.3. The molecule has 7 nitrogen and oxygen atoms in total. The first-order chi connectivity index (χ1) is 12.3. The number of nitrogens with zero attached hydrogens (tertiary/aromatic N) is 2. The van der Waals surface area contributed by atoms with Crippen LogP contribution in [0.15, 0.2) is 52.3 Å². The lowest BCUT2D eigenvalue weighted by atomic mass is 10.3. The van der Waals surface area contributed by atoms with Crippen molar-refractivity contribution < 1.29 is 13.2 Å². The lowest BCUT2D eigenvalue weighted by molar-refractivity contribution is -0.116. The number of benzene rings is 1. The zero-order valence-electron chi connectivity index (χ0n) is 14.5. The Hall–Kier alpha value is -1.72. The second kappa shape index (κ2) is 8.78. The topological polar surface area (TPSA) is 88.5 Å². The molecule has 2 aromatic rings. The maximum Gasteiger partial charge on any atom is 0.251 e. The SMILES string of the molecule is CCN(CC)S(=O)(=O)c1ccc(=O)n(CC(=O)Nc2ccc(I)cc2)c1. The Labute approximate surface area is 166 Å². The van der Waals surface area contributed by atoms with Crippen LogP contribution in [0.4, 0.5) is 5.69 Å². The summed E-state index contributed by atoms with van der Waals surface area (Å²) in [5.74, 6) is -0.411. The van der Waals surface area contributed by atoms with E-state index in [4.69, 9.17) is 0 Å². The first kappa shape index (κ1) is 20.6. The van der Waals surface area contributed by atoms with E-state index in [9.17, 15) is 18.0 Å². The molecule has 1 N–H and O–H groups in total. The third-order valence-corrected chi connectivity index (χ3v) is 6.49. The van der Waals surface area contributed by atoms with E-state index >= 15 is 0 Å². The summed E-state index contributed by atoms with van der Waals surface area (Å²) in [4.78, 5) is 24.2. The van der Waals surface area contributed by atoms with Gasteiger partial charge in [-0.3, -0.25) is 9.59 Å². The van der Waals surface area contributed by atoms with Gasteiger partial charge in [-0.1, -0.05) is 13.8 Å². The lowest BCUT2D eigenvalue weighted by Crippen LogP contribution is -2.33. The summed E-state index contributed by atoms with van der Waals surface area (Å²) in [5, 5.41) is 2.69. The van der Waals surface area contributed by atoms with Crippen LogP contribution in [-0.2, 0) is 21.4 Å². The van der Waals surface area contributed by atoms with Crippen LogP contribution in [0.5, 0.6) is 0 Å². The molecule has 9 heteroatoms. The summed E-state index contributed by atoms with van der Waals surface area (Å²) in [7, 11) is -3.70. The number of rotatable bonds is 7. The highest BCUT2D eigenvalue weighted by molar-refractivity contribution is 14.1. The second-order valence-electron chi connectivity index (χ2n) is 5.48. The molecule has 0 atom stereocenters. The van der Waals surface area contributed by atoms with Crippen molar-refractivity contribution in [1.29, 1.82) is 0 Å². The Morgan fingerprint density at radius 3 is 2.31 bits per heavy atom. The van der Waals surface area contributed by atoms with Crippen molar-refractivity contribution in [3.8, 4) is 0 Å². The minimum absolute atomic E-state index is 0.0112. The molecule has 0 aliphatic rings. The minimum atomic E-state index is -3.70. The van der Waals surface area contributed by atoms with Crippen molar-refractivity contribution in [2.24, 2.45) is 0 Å². The Morgan fingerprint density at radius 2 is 1.73 bits per heavy atom. The first-order valence-electron chi connectivity index (χ1n) is 8.04. The number of anilines is 1. The van der Waals surface area contributed by atoms with Gasteiger partial charge in [-0.25, -0.2) is 8.42 Å². The van der Waals surface area contributed by atoms with Crippen LogP contribution in [-0.4, -0.2) is 36.3 Å². The molecule has 0 aliphatic heterocycles. The molecule has 0 saturated heterocycles. The predicted molar refractivity (Wildman–Crippen MR) is 109 cm³/mol. The van der Waals surface area contributed by atoms with Crippen LogP contribution >= 0.6 is 22.6 Å². The summed E-state index contributed by atoms with van der Waals surface area (Å²) in [5.41, 5.74) is 0.164. The molecule has 0 aliphatic carbocycles. The van der Waals surface area contributed by atoms with Gasteiger partial charge in [-0.15, -0.1) is 0 Å². The van der Waals surface area contributed by atoms with E-state index in [0.717, 1.165) is 14.2 Å². The van der Waals surface area contributed by atoms with E-state index in [-0.39, 0.29) is 11.4 Å². The van der Waals surface area contributed by atoms with Gasteiger partial charge in [0, 0.05) is 34.6 Å². The highest BCUT2D eigenvalue weighted by Gasteiger charge is 2.22. The molecule has 1 aromatic carbocycles. The van der Waals surface area contributed by atoms with Gasteiger partial charge < -0.3 is 9.88 Å². The maximum atomic E-state index is 12.6. The normalized spacial score (nSPS) is 11.5. The number of hydrogen-bond donors (Lipinski definition) is 1. The monoisotopic (exact) mass is 489 g/mol. The highest BCUT2D eigenvalue weighted by Crippen LogP contribution is 2.14. The molecule has 0 fully saturated rings.